The minimum absolute atomic E-state index is 0.158. The van der Waals surface area contributed by atoms with E-state index in [4.69, 9.17) is 24.7 Å². The summed E-state index contributed by atoms with van der Waals surface area (Å²) >= 11 is 0. The smallest absolute Gasteiger partial charge is 0.392 e. The Labute approximate surface area is 180 Å². The van der Waals surface area contributed by atoms with Gasteiger partial charge >= 0.3 is 15.6 Å². The van der Waals surface area contributed by atoms with Gasteiger partial charge in [-0.05, 0) is 73.1 Å². The van der Waals surface area contributed by atoms with E-state index in [1.165, 1.54) is 28.7 Å². The molecule has 0 atom stereocenters. The van der Waals surface area contributed by atoms with Crippen LogP contribution in [0.3, 0.4) is 0 Å². The normalized spacial score (nSPS) is 13.6. The maximum atomic E-state index is 9.63. The number of aliphatic hydroxyl groups is 1. The van der Waals surface area contributed by atoms with Crippen molar-refractivity contribution >= 4 is 15.6 Å². The van der Waals surface area contributed by atoms with Gasteiger partial charge in [0.05, 0.1) is 6.61 Å². The lowest BCUT2D eigenvalue weighted by molar-refractivity contribution is 0.225. The van der Waals surface area contributed by atoms with Crippen molar-refractivity contribution in [1.82, 2.24) is 0 Å². The maximum absolute atomic E-state index is 9.63. The van der Waals surface area contributed by atoms with E-state index in [9.17, 15) is 9.13 Å². The minimum atomic E-state index is -5.05. The van der Waals surface area contributed by atoms with Gasteiger partial charge in [-0.3, -0.25) is 0 Å². The fourth-order valence-corrected chi connectivity index (χ4v) is 3.39. The van der Waals surface area contributed by atoms with Gasteiger partial charge in [0.2, 0.25) is 0 Å². The fraction of sp³-hybridized carbons (Fsp3) is 0.600. The van der Waals surface area contributed by atoms with Crippen LogP contribution in [-0.2, 0) is 13.4 Å². The summed E-state index contributed by atoms with van der Waals surface area (Å²) in [7, 11) is -10.1. The number of rotatable bonds is 12. The quantitative estimate of drug-likeness (QED) is 0.191. The molecule has 0 aromatic rings. The lowest BCUT2D eigenvalue weighted by Crippen LogP contribution is -1.84. The molecule has 10 heteroatoms. The summed E-state index contributed by atoms with van der Waals surface area (Å²) in [4.78, 5) is 31.0. The summed E-state index contributed by atoms with van der Waals surface area (Å²) in [6, 6.07) is 0. The zero-order valence-electron chi connectivity index (χ0n) is 18.6. The highest BCUT2D eigenvalue weighted by atomic mass is 31.3. The number of hydrogen-bond acceptors (Lipinski definition) is 4. The monoisotopic (exact) mass is 468 g/mol. The van der Waals surface area contributed by atoms with Crippen molar-refractivity contribution < 1.29 is 38.1 Å². The number of allylic oxidation sites excluding steroid dienone is 7. The SMILES string of the molecule is CC(C)=CCCC(C)=CCCC(C)=CCCC(C)=CCO.O=P(O)(O)OP(=O)(O)O. The molecule has 0 aromatic carbocycles. The first kappa shape index (κ1) is 31.4. The Balaban J connectivity index is 0. The van der Waals surface area contributed by atoms with E-state index in [1.807, 2.05) is 6.08 Å². The highest BCUT2D eigenvalue weighted by molar-refractivity contribution is 7.60. The van der Waals surface area contributed by atoms with Gasteiger partial charge in [0.25, 0.3) is 0 Å². The second-order valence-corrected chi connectivity index (χ2v) is 9.91. The van der Waals surface area contributed by atoms with Gasteiger partial charge in [-0.1, -0.05) is 46.6 Å². The molecule has 0 saturated heterocycles. The molecule has 0 aliphatic heterocycles. The Morgan fingerprint density at radius 3 is 1.27 bits per heavy atom. The molecule has 0 aromatic heterocycles. The summed E-state index contributed by atoms with van der Waals surface area (Å²) in [6.45, 7) is 11.0. The third-order valence-corrected chi connectivity index (χ3v) is 5.51. The van der Waals surface area contributed by atoms with Crippen molar-refractivity contribution in [3.63, 3.8) is 0 Å². The van der Waals surface area contributed by atoms with E-state index in [0.29, 0.717) is 0 Å². The standard InChI is InChI=1S/C20H34O.H4O7P2/c1-17(2)9-6-10-18(3)11-7-12-19(4)13-8-14-20(5)15-16-21;1-8(2,3)7-9(4,5)6/h9,11,13,15,21H,6-8,10,12,14,16H2,1-5H3;(H2,1,2,3)(H2,4,5,6). The average Bonchev–Trinajstić information content (AvgIpc) is 2.51. The third-order valence-electron chi connectivity index (χ3n) is 3.81. The number of phosphoric acid groups is 2. The first-order valence-electron chi connectivity index (χ1n) is 9.69. The van der Waals surface area contributed by atoms with Crippen LogP contribution in [0.2, 0.25) is 0 Å². The Morgan fingerprint density at radius 2 is 1.00 bits per heavy atom. The van der Waals surface area contributed by atoms with Crippen molar-refractivity contribution in [2.24, 2.45) is 0 Å². The third kappa shape index (κ3) is 27.2. The Bertz CT molecular complexity index is 672. The Kier molecular flexibility index (Phi) is 17.6. The summed E-state index contributed by atoms with van der Waals surface area (Å²) < 4.78 is 22.2. The largest absolute Gasteiger partial charge is 0.478 e. The van der Waals surface area contributed by atoms with Gasteiger partial charge in [-0.25, -0.2) is 9.13 Å². The molecule has 0 heterocycles. The number of hydrogen-bond donors (Lipinski definition) is 5. The Hall–Kier alpha value is -0.820. The van der Waals surface area contributed by atoms with Crippen LogP contribution in [-0.4, -0.2) is 31.3 Å². The fourth-order valence-electron chi connectivity index (χ4n) is 2.28. The van der Waals surface area contributed by atoms with Gasteiger partial charge in [0, 0.05) is 0 Å². The highest BCUT2D eigenvalue weighted by Gasteiger charge is 2.27. The molecule has 30 heavy (non-hydrogen) atoms. The van der Waals surface area contributed by atoms with Gasteiger partial charge in [-0.15, -0.1) is 0 Å². The molecule has 0 radical (unpaired) electrons. The Morgan fingerprint density at radius 1 is 0.667 bits per heavy atom. The molecule has 8 nitrogen and oxygen atoms in total. The maximum Gasteiger partial charge on any atom is 0.478 e. The second-order valence-electron chi connectivity index (χ2n) is 7.29. The zero-order chi connectivity index (χ0) is 23.8. The second kappa shape index (κ2) is 16.8. The zero-order valence-corrected chi connectivity index (χ0v) is 20.4. The number of aliphatic hydroxyl groups excluding tert-OH is 1. The molecule has 0 fully saturated rings. The average molecular weight is 468 g/mol. The van der Waals surface area contributed by atoms with Crippen LogP contribution >= 0.6 is 15.6 Å². The van der Waals surface area contributed by atoms with Crippen molar-refractivity contribution in [2.45, 2.75) is 73.1 Å². The molecular weight excluding hydrogens is 430 g/mol. The van der Waals surface area contributed by atoms with Crippen LogP contribution < -0.4 is 0 Å². The lowest BCUT2D eigenvalue weighted by Gasteiger charge is -2.03. The van der Waals surface area contributed by atoms with Crippen LogP contribution in [0.5, 0.6) is 0 Å². The van der Waals surface area contributed by atoms with E-state index in [2.05, 4.69) is 57.2 Å². The van der Waals surface area contributed by atoms with Gasteiger partial charge in [0.1, 0.15) is 0 Å². The van der Waals surface area contributed by atoms with Crippen LogP contribution in [0.4, 0.5) is 0 Å². The van der Waals surface area contributed by atoms with Gasteiger partial charge in [-0.2, -0.15) is 4.31 Å². The van der Waals surface area contributed by atoms with Crippen LogP contribution in [0, 0.1) is 0 Å². The first-order chi connectivity index (χ1) is 13.7. The van der Waals surface area contributed by atoms with Crippen LogP contribution in [0.1, 0.15) is 73.1 Å². The first-order valence-corrected chi connectivity index (χ1v) is 12.8. The van der Waals surface area contributed by atoms with Crippen molar-refractivity contribution in [2.75, 3.05) is 6.61 Å². The van der Waals surface area contributed by atoms with Crippen LogP contribution in [0.25, 0.3) is 0 Å². The van der Waals surface area contributed by atoms with E-state index < -0.39 is 15.6 Å². The summed E-state index contributed by atoms with van der Waals surface area (Å²) in [5, 5.41) is 8.80. The molecule has 5 N–H and O–H groups in total. The summed E-state index contributed by atoms with van der Waals surface area (Å²) in [5.41, 5.74) is 5.66. The molecule has 0 unspecified atom stereocenters. The van der Waals surface area contributed by atoms with Crippen molar-refractivity contribution in [3.05, 3.63) is 46.6 Å². The molecule has 176 valence electrons. The van der Waals surface area contributed by atoms with E-state index in [-0.39, 0.29) is 6.61 Å². The molecule has 0 aliphatic rings. The predicted molar refractivity (Wildman–Crippen MR) is 121 cm³/mol. The molecule has 0 bridgehead atoms. The molecule has 0 spiro atoms. The highest BCUT2D eigenvalue weighted by Crippen LogP contribution is 2.53. The van der Waals surface area contributed by atoms with Gasteiger partial charge in [0.15, 0.2) is 0 Å². The molecular formula is C20H38O8P2. The topological polar surface area (TPSA) is 145 Å². The minimum Gasteiger partial charge on any atom is -0.392 e. The lowest BCUT2D eigenvalue weighted by atomic mass is 10.0. The van der Waals surface area contributed by atoms with E-state index in [0.717, 1.165) is 32.1 Å². The summed E-state index contributed by atoms with van der Waals surface area (Å²) in [6.07, 6.45) is 15.7. The van der Waals surface area contributed by atoms with E-state index in [1.54, 1.807) is 0 Å². The summed E-state index contributed by atoms with van der Waals surface area (Å²) in [5.74, 6) is 0. The van der Waals surface area contributed by atoms with E-state index >= 15 is 0 Å². The molecule has 0 saturated carbocycles. The molecule has 0 aliphatic carbocycles. The van der Waals surface area contributed by atoms with Crippen molar-refractivity contribution in [3.8, 4) is 0 Å². The predicted octanol–water partition coefficient (Wildman–Crippen LogP) is 5.31. The van der Waals surface area contributed by atoms with Crippen molar-refractivity contribution in [1.29, 1.82) is 0 Å². The van der Waals surface area contributed by atoms with Crippen LogP contribution in [0.15, 0.2) is 46.6 Å². The molecule has 0 amide bonds. The van der Waals surface area contributed by atoms with Gasteiger partial charge < -0.3 is 24.7 Å². The molecule has 0 rings (SSSR count).